The highest BCUT2D eigenvalue weighted by molar-refractivity contribution is 5.35. The van der Waals surface area contributed by atoms with Gasteiger partial charge in [0.05, 0.1) is 19.9 Å². The Hall–Kier alpha value is -1.66. The summed E-state index contributed by atoms with van der Waals surface area (Å²) < 4.78 is 8.46. The molecule has 1 atom stereocenters. The van der Waals surface area contributed by atoms with Crippen LogP contribution in [0.1, 0.15) is 6.92 Å². The molecule has 6 nitrogen and oxygen atoms in total. The Kier molecular flexibility index (Phi) is 2.89. The minimum atomic E-state index is -0.0932. The van der Waals surface area contributed by atoms with E-state index in [1.165, 1.54) is 4.68 Å². The second kappa shape index (κ2) is 4.55. The average Bonchev–Trinajstić information content (AvgIpc) is 2.70. The molecular formula is C12H16N4O2. The van der Waals surface area contributed by atoms with Gasteiger partial charge in [-0.05, 0) is 19.1 Å². The topological polar surface area (TPSA) is 51.8 Å². The zero-order chi connectivity index (χ0) is 12.5. The standard InChI is InChI=1S/C12H16N4O2/c1-10-8-18-7-6-14(10)9-16-12(17)15-5-3-2-4-11(15)13-16/h2-5,10H,6-9H2,1H3/t10-/m0/s1. The summed E-state index contributed by atoms with van der Waals surface area (Å²) in [5, 5.41) is 4.33. The van der Waals surface area contributed by atoms with Gasteiger partial charge in [0, 0.05) is 18.8 Å². The normalized spacial score (nSPS) is 21.5. The number of morpholine rings is 1. The molecule has 0 saturated carbocycles. The highest BCUT2D eigenvalue weighted by Crippen LogP contribution is 2.06. The molecule has 6 heteroatoms. The fraction of sp³-hybridized carbons (Fsp3) is 0.500. The minimum absolute atomic E-state index is 0.0932. The van der Waals surface area contributed by atoms with Crippen molar-refractivity contribution < 1.29 is 4.74 Å². The van der Waals surface area contributed by atoms with Crippen LogP contribution in [-0.4, -0.2) is 44.9 Å². The predicted octanol–water partition coefficient (Wildman–Crippen LogP) is 0.174. The molecule has 3 rings (SSSR count). The number of ether oxygens (including phenoxy) is 1. The van der Waals surface area contributed by atoms with Crippen LogP contribution >= 0.6 is 0 Å². The summed E-state index contributed by atoms with van der Waals surface area (Å²) in [6, 6.07) is 5.86. The van der Waals surface area contributed by atoms with Crippen molar-refractivity contribution >= 4 is 5.65 Å². The SMILES string of the molecule is C[C@H]1COCCN1Cn1nc2ccccn2c1=O. The van der Waals surface area contributed by atoms with Crippen molar-refractivity contribution in [1.29, 1.82) is 0 Å². The summed E-state index contributed by atoms with van der Waals surface area (Å²) in [5.41, 5.74) is 0.590. The first-order valence-electron chi connectivity index (χ1n) is 6.12. The second-order valence-electron chi connectivity index (χ2n) is 4.59. The number of pyridine rings is 1. The molecule has 0 bridgehead atoms. The highest BCUT2D eigenvalue weighted by Gasteiger charge is 2.20. The Morgan fingerprint density at radius 3 is 3.17 bits per heavy atom. The molecule has 2 aromatic rings. The van der Waals surface area contributed by atoms with Crippen LogP contribution in [0, 0.1) is 0 Å². The van der Waals surface area contributed by atoms with E-state index in [9.17, 15) is 4.79 Å². The molecule has 96 valence electrons. The number of rotatable bonds is 2. The lowest BCUT2D eigenvalue weighted by Gasteiger charge is -2.32. The van der Waals surface area contributed by atoms with Gasteiger partial charge >= 0.3 is 5.69 Å². The molecule has 0 amide bonds. The second-order valence-corrected chi connectivity index (χ2v) is 4.59. The number of aromatic nitrogens is 3. The fourth-order valence-corrected chi connectivity index (χ4v) is 2.20. The molecule has 2 aromatic heterocycles. The number of nitrogens with zero attached hydrogens (tertiary/aromatic N) is 4. The summed E-state index contributed by atoms with van der Waals surface area (Å²) >= 11 is 0. The third-order valence-corrected chi connectivity index (χ3v) is 3.31. The molecule has 0 radical (unpaired) electrons. The lowest BCUT2D eigenvalue weighted by atomic mass is 10.3. The van der Waals surface area contributed by atoms with E-state index in [0.717, 1.165) is 6.54 Å². The van der Waals surface area contributed by atoms with Crippen molar-refractivity contribution in [3.8, 4) is 0 Å². The van der Waals surface area contributed by atoms with Crippen molar-refractivity contribution in [2.75, 3.05) is 19.8 Å². The summed E-state index contributed by atoms with van der Waals surface area (Å²) in [6.07, 6.45) is 1.74. The minimum Gasteiger partial charge on any atom is -0.379 e. The van der Waals surface area contributed by atoms with E-state index in [1.807, 2.05) is 18.2 Å². The van der Waals surface area contributed by atoms with Gasteiger partial charge in [0.15, 0.2) is 5.65 Å². The van der Waals surface area contributed by atoms with E-state index in [0.29, 0.717) is 31.6 Å². The Balaban J connectivity index is 1.90. The summed E-state index contributed by atoms with van der Waals surface area (Å²) in [4.78, 5) is 14.3. The average molecular weight is 248 g/mol. The van der Waals surface area contributed by atoms with Crippen LogP contribution in [0.4, 0.5) is 0 Å². The molecule has 1 saturated heterocycles. The molecule has 0 spiro atoms. The number of hydrogen-bond acceptors (Lipinski definition) is 4. The molecule has 1 aliphatic heterocycles. The van der Waals surface area contributed by atoms with Gasteiger partial charge in [0.25, 0.3) is 0 Å². The van der Waals surface area contributed by atoms with E-state index in [4.69, 9.17) is 4.74 Å². The molecule has 18 heavy (non-hydrogen) atoms. The number of fused-ring (bicyclic) bond motifs is 1. The maximum Gasteiger partial charge on any atom is 0.351 e. The van der Waals surface area contributed by atoms with Crippen LogP contribution < -0.4 is 5.69 Å². The molecule has 0 N–H and O–H groups in total. The third kappa shape index (κ3) is 1.93. The first-order valence-corrected chi connectivity index (χ1v) is 6.12. The van der Waals surface area contributed by atoms with Gasteiger partial charge in [0.2, 0.25) is 0 Å². The smallest absolute Gasteiger partial charge is 0.351 e. The van der Waals surface area contributed by atoms with Gasteiger partial charge in [-0.2, -0.15) is 4.68 Å². The maximum absolute atomic E-state index is 12.1. The van der Waals surface area contributed by atoms with E-state index in [2.05, 4.69) is 16.9 Å². The largest absolute Gasteiger partial charge is 0.379 e. The van der Waals surface area contributed by atoms with Crippen LogP contribution in [0.25, 0.3) is 5.65 Å². The van der Waals surface area contributed by atoms with Crippen LogP contribution in [0.3, 0.4) is 0 Å². The first-order chi connectivity index (χ1) is 8.75. The molecule has 0 aliphatic carbocycles. The van der Waals surface area contributed by atoms with Crippen LogP contribution in [0.5, 0.6) is 0 Å². The lowest BCUT2D eigenvalue weighted by Crippen LogP contribution is -2.46. The van der Waals surface area contributed by atoms with Crippen molar-refractivity contribution in [3.63, 3.8) is 0 Å². The third-order valence-electron chi connectivity index (χ3n) is 3.31. The van der Waals surface area contributed by atoms with E-state index < -0.39 is 0 Å². The summed E-state index contributed by atoms with van der Waals surface area (Å²) in [6.45, 7) is 4.88. The van der Waals surface area contributed by atoms with Crippen molar-refractivity contribution in [3.05, 3.63) is 34.9 Å². The fourth-order valence-electron chi connectivity index (χ4n) is 2.20. The van der Waals surface area contributed by atoms with E-state index >= 15 is 0 Å². The zero-order valence-electron chi connectivity index (χ0n) is 10.3. The van der Waals surface area contributed by atoms with Crippen molar-refractivity contribution in [1.82, 2.24) is 19.1 Å². The molecule has 1 fully saturated rings. The van der Waals surface area contributed by atoms with Gasteiger partial charge in [-0.1, -0.05) is 6.07 Å². The quantitative estimate of drug-likeness (QED) is 0.760. The Morgan fingerprint density at radius 1 is 1.50 bits per heavy atom. The van der Waals surface area contributed by atoms with Gasteiger partial charge in [-0.25, -0.2) is 4.79 Å². The van der Waals surface area contributed by atoms with Crippen molar-refractivity contribution in [2.45, 2.75) is 19.6 Å². The first kappa shape index (κ1) is 11.4. The molecule has 3 heterocycles. The maximum atomic E-state index is 12.1. The molecule has 0 aromatic carbocycles. The Labute approximate surface area is 104 Å². The Morgan fingerprint density at radius 2 is 2.39 bits per heavy atom. The van der Waals surface area contributed by atoms with Gasteiger partial charge in [0.1, 0.15) is 0 Å². The van der Waals surface area contributed by atoms with Gasteiger partial charge in [-0.15, -0.1) is 5.10 Å². The van der Waals surface area contributed by atoms with Gasteiger partial charge < -0.3 is 4.74 Å². The van der Waals surface area contributed by atoms with Crippen LogP contribution in [-0.2, 0) is 11.4 Å². The van der Waals surface area contributed by atoms with Crippen molar-refractivity contribution in [2.24, 2.45) is 0 Å². The van der Waals surface area contributed by atoms with Crippen LogP contribution in [0.15, 0.2) is 29.2 Å². The van der Waals surface area contributed by atoms with E-state index in [-0.39, 0.29) is 5.69 Å². The molecule has 0 unspecified atom stereocenters. The van der Waals surface area contributed by atoms with Gasteiger partial charge in [-0.3, -0.25) is 9.30 Å². The zero-order valence-corrected chi connectivity index (χ0v) is 10.3. The monoisotopic (exact) mass is 248 g/mol. The summed E-state index contributed by atoms with van der Waals surface area (Å²) in [5.74, 6) is 0. The lowest BCUT2D eigenvalue weighted by molar-refractivity contribution is -0.0178. The predicted molar refractivity (Wildman–Crippen MR) is 66.4 cm³/mol. The van der Waals surface area contributed by atoms with E-state index in [1.54, 1.807) is 10.6 Å². The molecule has 1 aliphatic rings. The van der Waals surface area contributed by atoms with Crippen LogP contribution in [0.2, 0.25) is 0 Å². The Bertz CT molecular complexity index is 603. The number of hydrogen-bond donors (Lipinski definition) is 0. The highest BCUT2D eigenvalue weighted by atomic mass is 16.5. The molecular weight excluding hydrogens is 232 g/mol. The summed E-state index contributed by atoms with van der Waals surface area (Å²) in [7, 11) is 0.